The van der Waals surface area contributed by atoms with E-state index < -0.39 is 31.1 Å². The second-order valence-corrected chi connectivity index (χ2v) is 2.57. The van der Waals surface area contributed by atoms with Crippen molar-refractivity contribution in [3.8, 4) is 0 Å². The number of halogens is 1. The summed E-state index contributed by atoms with van der Waals surface area (Å²) in [6.45, 7) is -0.988. The van der Waals surface area contributed by atoms with Crippen LogP contribution in [0.3, 0.4) is 0 Å². The molecule has 1 aliphatic rings. The molecule has 0 radical (unpaired) electrons. The van der Waals surface area contributed by atoms with Crippen LogP contribution < -0.4 is 0 Å². The lowest BCUT2D eigenvalue weighted by Gasteiger charge is -2.33. The van der Waals surface area contributed by atoms with Gasteiger partial charge in [-0.15, -0.1) is 0 Å². The van der Waals surface area contributed by atoms with Gasteiger partial charge in [0.15, 0.2) is 0 Å². The molecule has 0 aromatic heterocycles. The second kappa shape index (κ2) is 3.44. The van der Waals surface area contributed by atoms with Gasteiger partial charge in [-0.3, -0.25) is 0 Å². The maximum atomic E-state index is 12.0. The van der Waals surface area contributed by atoms with Gasteiger partial charge >= 0.3 is 0 Å². The van der Waals surface area contributed by atoms with Crippen molar-refractivity contribution in [2.45, 2.75) is 24.4 Å². The topological polar surface area (TPSA) is 69.9 Å². The second-order valence-electron chi connectivity index (χ2n) is 2.57. The predicted molar refractivity (Wildman–Crippen MR) is 33.7 cm³/mol. The monoisotopic (exact) mass is 166 g/mol. The summed E-state index contributed by atoms with van der Waals surface area (Å²) < 4.78 is 16.6. The molecule has 0 aromatic rings. The highest BCUT2D eigenvalue weighted by atomic mass is 19.1. The van der Waals surface area contributed by atoms with Gasteiger partial charge in [0.1, 0.15) is 31.1 Å². The minimum Gasteiger partial charge on any atom is -0.388 e. The van der Waals surface area contributed by atoms with Crippen molar-refractivity contribution in [2.75, 3.05) is 13.3 Å². The van der Waals surface area contributed by atoms with Crippen molar-refractivity contribution >= 4 is 0 Å². The van der Waals surface area contributed by atoms with E-state index in [0.29, 0.717) is 0 Å². The van der Waals surface area contributed by atoms with Crippen molar-refractivity contribution in [3.05, 3.63) is 0 Å². The van der Waals surface area contributed by atoms with E-state index in [1.807, 2.05) is 0 Å². The van der Waals surface area contributed by atoms with Crippen LogP contribution >= 0.6 is 0 Å². The fourth-order valence-electron chi connectivity index (χ4n) is 1.00. The fraction of sp³-hybridized carbons (Fsp3) is 1.00. The molecule has 0 amide bonds. The Balaban J connectivity index is 2.52. The van der Waals surface area contributed by atoms with Crippen LogP contribution in [-0.2, 0) is 4.74 Å². The summed E-state index contributed by atoms with van der Waals surface area (Å²) in [6, 6.07) is 0. The Bertz CT molecular complexity index is 130. The first-order valence-electron chi connectivity index (χ1n) is 3.38. The molecule has 1 rings (SSSR count). The van der Waals surface area contributed by atoms with Crippen LogP contribution in [0.2, 0.25) is 0 Å². The smallest absolute Gasteiger partial charge is 0.118 e. The summed E-state index contributed by atoms with van der Waals surface area (Å²) in [5, 5.41) is 26.9. The third-order valence-electron chi connectivity index (χ3n) is 1.76. The maximum absolute atomic E-state index is 12.0. The molecule has 1 heterocycles. The van der Waals surface area contributed by atoms with Crippen LogP contribution in [0.5, 0.6) is 0 Å². The normalized spacial score (nSPS) is 45.8. The Morgan fingerprint density at radius 2 is 1.91 bits per heavy atom. The molecule has 0 aliphatic carbocycles. The summed E-state index contributed by atoms with van der Waals surface area (Å²) in [6.07, 6.45) is -4.76. The average molecular weight is 166 g/mol. The zero-order valence-corrected chi connectivity index (χ0v) is 5.85. The molecule has 1 saturated heterocycles. The molecule has 4 atom stereocenters. The van der Waals surface area contributed by atoms with Crippen LogP contribution in [0.4, 0.5) is 4.39 Å². The number of aliphatic hydroxyl groups excluding tert-OH is 3. The summed E-state index contributed by atoms with van der Waals surface area (Å²) in [5.41, 5.74) is 0. The number of rotatable bonds is 1. The van der Waals surface area contributed by atoms with E-state index in [9.17, 15) is 4.39 Å². The van der Waals surface area contributed by atoms with Crippen molar-refractivity contribution in [2.24, 2.45) is 0 Å². The first-order valence-corrected chi connectivity index (χ1v) is 3.38. The molecule has 0 bridgehead atoms. The van der Waals surface area contributed by atoms with Crippen molar-refractivity contribution in [1.82, 2.24) is 0 Å². The van der Waals surface area contributed by atoms with Gasteiger partial charge in [-0.25, -0.2) is 4.39 Å². The quantitative estimate of drug-likeness (QED) is 0.440. The van der Waals surface area contributed by atoms with E-state index in [-0.39, 0.29) is 6.61 Å². The minimum atomic E-state index is -1.33. The van der Waals surface area contributed by atoms with Crippen molar-refractivity contribution < 1.29 is 24.4 Å². The highest BCUT2D eigenvalue weighted by Crippen LogP contribution is 2.15. The fourth-order valence-corrected chi connectivity index (χ4v) is 1.00. The Morgan fingerprint density at radius 1 is 1.27 bits per heavy atom. The molecule has 66 valence electrons. The minimum absolute atomic E-state index is 0.132. The highest BCUT2D eigenvalue weighted by molar-refractivity contribution is 4.85. The van der Waals surface area contributed by atoms with Gasteiger partial charge in [0, 0.05) is 0 Å². The first kappa shape index (κ1) is 8.86. The van der Waals surface area contributed by atoms with Gasteiger partial charge < -0.3 is 20.1 Å². The van der Waals surface area contributed by atoms with Gasteiger partial charge in [0.2, 0.25) is 0 Å². The molecule has 1 fully saturated rings. The highest BCUT2D eigenvalue weighted by Gasteiger charge is 2.37. The van der Waals surface area contributed by atoms with Crippen LogP contribution in [0.1, 0.15) is 0 Å². The Morgan fingerprint density at radius 3 is 2.45 bits per heavy atom. The zero-order valence-electron chi connectivity index (χ0n) is 5.85. The summed E-state index contributed by atoms with van der Waals surface area (Å²) in [4.78, 5) is 0. The summed E-state index contributed by atoms with van der Waals surface area (Å²) >= 11 is 0. The predicted octanol–water partition coefficient (Wildman–Crippen LogP) is -1.56. The van der Waals surface area contributed by atoms with E-state index >= 15 is 0 Å². The number of ether oxygens (including phenoxy) is 1. The molecule has 0 unspecified atom stereocenters. The van der Waals surface area contributed by atoms with E-state index in [4.69, 9.17) is 15.3 Å². The SMILES string of the molecule is O[C@@H]1[C@H](O)[C@@H](O)CO[C@@H]1CF. The van der Waals surface area contributed by atoms with Gasteiger partial charge in [0.25, 0.3) is 0 Å². The molecule has 0 spiro atoms. The summed E-state index contributed by atoms with van der Waals surface area (Å²) in [7, 11) is 0. The molecule has 0 saturated carbocycles. The molecule has 11 heavy (non-hydrogen) atoms. The van der Waals surface area contributed by atoms with Crippen LogP contribution in [0, 0.1) is 0 Å². The Labute approximate surface area is 63.2 Å². The number of hydrogen-bond acceptors (Lipinski definition) is 4. The molecule has 1 aliphatic heterocycles. The van der Waals surface area contributed by atoms with Crippen LogP contribution in [0.25, 0.3) is 0 Å². The van der Waals surface area contributed by atoms with Crippen LogP contribution in [-0.4, -0.2) is 53.0 Å². The zero-order chi connectivity index (χ0) is 8.43. The Hall–Kier alpha value is -0.230. The molecule has 0 aromatic carbocycles. The van der Waals surface area contributed by atoms with Gasteiger partial charge in [-0.1, -0.05) is 0 Å². The number of aliphatic hydroxyl groups is 3. The van der Waals surface area contributed by atoms with Crippen molar-refractivity contribution in [3.63, 3.8) is 0 Å². The van der Waals surface area contributed by atoms with Gasteiger partial charge in [0.05, 0.1) is 6.61 Å². The third-order valence-corrected chi connectivity index (χ3v) is 1.76. The lowest BCUT2D eigenvalue weighted by atomic mass is 10.0. The third kappa shape index (κ3) is 1.67. The van der Waals surface area contributed by atoms with E-state index in [2.05, 4.69) is 4.74 Å². The largest absolute Gasteiger partial charge is 0.388 e. The molecule has 5 heteroatoms. The van der Waals surface area contributed by atoms with E-state index in [1.165, 1.54) is 0 Å². The first-order chi connectivity index (χ1) is 5.16. The van der Waals surface area contributed by atoms with Crippen LogP contribution in [0.15, 0.2) is 0 Å². The molecular weight excluding hydrogens is 155 g/mol. The van der Waals surface area contributed by atoms with E-state index in [0.717, 1.165) is 0 Å². The van der Waals surface area contributed by atoms with Gasteiger partial charge in [-0.05, 0) is 0 Å². The van der Waals surface area contributed by atoms with Gasteiger partial charge in [-0.2, -0.15) is 0 Å². The number of hydrogen-bond donors (Lipinski definition) is 3. The molecular formula is C6H11FO4. The van der Waals surface area contributed by atoms with Crippen molar-refractivity contribution in [1.29, 1.82) is 0 Å². The molecule has 4 nitrogen and oxygen atoms in total. The average Bonchev–Trinajstić information content (AvgIpc) is 2.01. The lowest BCUT2D eigenvalue weighted by Crippen LogP contribution is -2.53. The molecule has 3 N–H and O–H groups in total. The summed E-state index contributed by atoms with van der Waals surface area (Å²) in [5.74, 6) is 0. The standard InChI is InChI=1S/C6H11FO4/c7-1-4-6(10)5(9)3(8)2-11-4/h3-6,8-10H,1-2H2/t3-,4+,5+,6-/m0/s1. The maximum Gasteiger partial charge on any atom is 0.118 e. The number of alkyl halides is 1. The van der Waals surface area contributed by atoms with E-state index in [1.54, 1.807) is 0 Å². The Kier molecular flexibility index (Phi) is 2.78. The lowest BCUT2D eigenvalue weighted by molar-refractivity contribution is -0.190.